The predicted octanol–water partition coefficient (Wildman–Crippen LogP) is 4.14. The first-order valence-corrected chi connectivity index (χ1v) is 7.84. The monoisotopic (exact) mass is 291 g/mol. The highest BCUT2D eigenvalue weighted by molar-refractivity contribution is 6.33. The molecule has 2 bridgehead atoms. The molecule has 0 unspecified atom stereocenters. The van der Waals surface area contributed by atoms with Gasteiger partial charge < -0.3 is 5.32 Å². The molecule has 1 amide bonds. The Labute approximate surface area is 125 Å². The number of rotatable bonds is 2. The minimum atomic E-state index is -0.0356. The summed E-state index contributed by atoms with van der Waals surface area (Å²) in [5, 5.41) is 3.73. The van der Waals surface area contributed by atoms with Crippen molar-refractivity contribution < 1.29 is 4.79 Å². The molecule has 20 heavy (non-hydrogen) atoms. The number of hydrogen-bond donors (Lipinski definition) is 1. The minimum Gasteiger partial charge on any atom is -0.349 e. The summed E-state index contributed by atoms with van der Waals surface area (Å²) in [5.41, 5.74) is 1.03. The first-order chi connectivity index (χ1) is 9.41. The topological polar surface area (TPSA) is 29.1 Å². The fourth-order valence-electron chi connectivity index (χ4n) is 4.23. The van der Waals surface area contributed by atoms with E-state index in [0.29, 0.717) is 21.9 Å². The third-order valence-electron chi connectivity index (χ3n) is 5.79. The van der Waals surface area contributed by atoms with E-state index in [1.807, 2.05) is 12.1 Å². The first-order valence-electron chi connectivity index (χ1n) is 7.46. The third-order valence-corrected chi connectivity index (χ3v) is 6.12. The Morgan fingerprint density at radius 1 is 1.30 bits per heavy atom. The lowest BCUT2D eigenvalue weighted by atomic mass is 9.45. The summed E-state index contributed by atoms with van der Waals surface area (Å²) < 4.78 is 0. The molecule has 0 saturated heterocycles. The molecule has 3 heteroatoms. The van der Waals surface area contributed by atoms with Crippen molar-refractivity contribution in [2.75, 3.05) is 0 Å². The van der Waals surface area contributed by atoms with E-state index in [2.05, 4.69) is 26.1 Å². The smallest absolute Gasteiger partial charge is 0.253 e. The van der Waals surface area contributed by atoms with Crippen LogP contribution in [0.25, 0.3) is 0 Å². The molecule has 1 aromatic rings. The molecular weight excluding hydrogens is 270 g/mol. The summed E-state index contributed by atoms with van der Waals surface area (Å²) in [6.45, 7) is 7.02. The van der Waals surface area contributed by atoms with Gasteiger partial charge in [0.1, 0.15) is 0 Å². The van der Waals surface area contributed by atoms with E-state index in [9.17, 15) is 4.79 Å². The molecule has 2 nitrogen and oxygen atoms in total. The van der Waals surface area contributed by atoms with E-state index in [0.717, 1.165) is 18.3 Å². The zero-order valence-electron chi connectivity index (χ0n) is 12.3. The second-order valence-electron chi connectivity index (χ2n) is 7.02. The number of fused-ring (bicyclic) bond motifs is 2. The SMILES string of the molecule is C[C@@H]1[C@@H](NC(=O)c2ccccc2Cl)C[C@H]2C[C@@H]1C2(C)C. The Hall–Kier alpha value is -1.02. The molecule has 0 heterocycles. The van der Waals surface area contributed by atoms with Gasteiger partial charge in [-0.3, -0.25) is 4.79 Å². The van der Waals surface area contributed by atoms with Crippen LogP contribution in [0.2, 0.25) is 5.02 Å². The highest BCUT2D eigenvalue weighted by Gasteiger charge is 2.56. The molecule has 3 aliphatic rings. The lowest BCUT2D eigenvalue weighted by Gasteiger charge is -2.62. The van der Waals surface area contributed by atoms with Gasteiger partial charge in [-0.15, -0.1) is 0 Å². The van der Waals surface area contributed by atoms with Gasteiger partial charge in [-0.05, 0) is 48.1 Å². The van der Waals surface area contributed by atoms with Crippen molar-refractivity contribution in [3.8, 4) is 0 Å². The second kappa shape index (κ2) is 4.77. The van der Waals surface area contributed by atoms with Crippen molar-refractivity contribution in [1.29, 1.82) is 0 Å². The van der Waals surface area contributed by atoms with E-state index in [1.165, 1.54) is 6.42 Å². The molecule has 1 N–H and O–H groups in total. The van der Waals surface area contributed by atoms with Crippen molar-refractivity contribution in [1.82, 2.24) is 5.32 Å². The van der Waals surface area contributed by atoms with Gasteiger partial charge in [0.2, 0.25) is 0 Å². The summed E-state index contributed by atoms with van der Waals surface area (Å²) in [7, 11) is 0. The maximum Gasteiger partial charge on any atom is 0.253 e. The molecule has 0 aliphatic heterocycles. The molecule has 3 saturated carbocycles. The number of nitrogens with one attached hydrogen (secondary N) is 1. The van der Waals surface area contributed by atoms with Gasteiger partial charge in [0, 0.05) is 6.04 Å². The third kappa shape index (κ3) is 2.05. The number of amides is 1. The standard InChI is InChI=1S/C17H22ClNO/c1-10-13-8-11(17(13,2)3)9-15(10)19-16(20)12-6-4-5-7-14(12)18/h4-7,10-11,13,15H,8-9H2,1-3H3,(H,19,20)/t10-,11+,13-,15-/m0/s1. The highest BCUT2D eigenvalue weighted by Crippen LogP contribution is 2.61. The fraction of sp³-hybridized carbons (Fsp3) is 0.588. The van der Waals surface area contributed by atoms with Crippen LogP contribution in [0, 0.1) is 23.2 Å². The van der Waals surface area contributed by atoms with Crippen LogP contribution in [-0.4, -0.2) is 11.9 Å². The van der Waals surface area contributed by atoms with Gasteiger partial charge in [-0.2, -0.15) is 0 Å². The minimum absolute atomic E-state index is 0.0356. The number of benzene rings is 1. The molecule has 0 spiro atoms. The molecule has 3 fully saturated rings. The molecule has 3 aliphatic carbocycles. The Bertz CT molecular complexity index is 540. The van der Waals surface area contributed by atoms with Crippen molar-refractivity contribution >= 4 is 17.5 Å². The molecule has 1 aromatic carbocycles. The quantitative estimate of drug-likeness (QED) is 0.872. The van der Waals surface area contributed by atoms with Crippen molar-refractivity contribution in [3.05, 3.63) is 34.9 Å². The normalized spacial score (nSPS) is 34.2. The number of carbonyl (C=O) groups is 1. The Kier molecular flexibility index (Phi) is 3.32. The predicted molar refractivity (Wildman–Crippen MR) is 81.9 cm³/mol. The lowest BCUT2D eigenvalue weighted by Crippen LogP contribution is -2.60. The van der Waals surface area contributed by atoms with Crippen molar-refractivity contribution in [2.45, 2.75) is 39.7 Å². The summed E-state index contributed by atoms with van der Waals surface area (Å²) in [6.07, 6.45) is 2.42. The summed E-state index contributed by atoms with van der Waals surface area (Å²) in [6, 6.07) is 7.54. The largest absolute Gasteiger partial charge is 0.349 e. The molecule has 4 atom stereocenters. The Morgan fingerprint density at radius 3 is 2.60 bits per heavy atom. The number of carbonyl (C=O) groups excluding carboxylic acids is 1. The van der Waals surface area contributed by atoms with Crippen molar-refractivity contribution in [3.63, 3.8) is 0 Å². The lowest BCUT2D eigenvalue weighted by molar-refractivity contribution is -0.113. The van der Waals surface area contributed by atoms with Crippen LogP contribution < -0.4 is 5.32 Å². The van der Waals surface area contributed by atoms with Gasteiger partial charge >= 0.3 is 0 Å². The van der Waals surface area contributed by atoms with E-state index in [4.69, 9.17) is 11.6 Å². The van der Waals surface area contributed by atoms with Crippen LogP contribution in [0.15, 0.2) is 24.3 Å². The Balaban J connectivity index is 1.71. The zero-order chi connectivity index (χ0) is 14.5. The second-order valence-corrected chi connectivity index (χ2v) is 7.42. The van der Waals surface area contributed by atoms with E-state index in [1.54, 1.807) is 12.1 Å². The van der Waals surface area contributed by atoms with Crippen LogP contribution >= 0.6 is 11.6 Å². The van der Waals surface area contributed by atoms with Gasteiger partial charge in [0.15, 0.2) is 0 Å². The van der Waals surface area contributed by atoms with E-state index >= 15 is 0 Å². The number of hydrogen-bond acceptors (Lipinski definition) is 1. The van der Waals surface area contributed by atoms with Crippen LogP contribution in [0.1, 0.15) is 44.0 Å². The maximum absolute atomic E-state index is 12.4. The highest BCUT2D eigenvalue weighted by atomic mass is 35.5. The van der Waals surface area contributed by atoms with Gasteiger partial charge in [-0.1, -0.05) is 44.5 Å². The van der Waals surface area contributed by atoms with Gasteiger partial charge in [-0.25, -0.2) is 0 Å². The molecule has 4 rings (SSSR count). The van der Waals surface area contributed by atoms with Crippen LogP contribution in [0.3, 0.4) is 0 Å². The Morgan fingerprint density at radius 2 is 2.00 bits per heavy atom. The van der Waals surface area contributed by atoms with Crippen LogP contribution in [-0.2, 0) is 0 Å². The molecule has 108 valence electrons. The van der Waals surface area contributed by atoms with E-state index in [-0.39, 0.29) is 11.9 Å². The van der Waals surface area contributed by atoms with Gasteiger partial charge in [0.05, 0.1) is 10.6 Å². The fourth-order valence-corrected chi connectivity index (χ4v) is 4.45. The van der Waals surface area contributed by atoms with Gasteiger partial charge in [0.25, 0.3) is 5.91 Å². The van der Waals surface area contributed by atoms with Crippen LogP contribution in [0.5, 0.6) is 0 Å². The molecule has 0 aromatic heterocycles. The summed E-state index contributed by atoms with van der Waals surface area (Å²) in [5.74, 6) is 1.99. The number of halogens is 1. The van der Waals surface area contributed by atoms with E-state index < -0.39 is 0 Å². The molecular formula is C17H22ClNO. The van der Waals surface area contributed by atoms with Crippen molar-refractivity contribution in [2.24, 2.45) is 23.2 Å². The maximum atomic E-state index is 12.4. The molecule has 0 radical (unpaired) electrons. The first kappa shape index (κ1) is 13.9. The van der Waals surface area contributed by atoms with Crippen LogP contribution in [0.4, 0.5) is 0 Å². The zero-order valence-corrected chi connectivity index (χ0v) is 13.1. The summed E-state index contributed by atoms with van der Waals surface area (Å²) in [4.78, 5) is 12.4. The average molecular weight is 292 g/mol. The summed E-state index contributed by atoms with van der Waals surface area (Å²) >= 11 is 6.10. The average Bonchev–Trinajstić information content (AvgIpc) is 2.40.